The van der Waals surface area contributed by atoms with Crippen LogP contribution >= 0.6 is 0 Å². The average molecular weight is 264 g/mol. The smallest absolute Gasteiger partial charge is 0.319 e. The number of primary amides is 1. The standard InChI is InChI=1S/C13H20N4O2/c1-8(2)11(12(15)18)17-13(19)16-10-5-3-4-9(6-10)7-14/h3-6,8,11H,7,14H2,1-2H3,(H2,15,18)(H2,16,17,19). The normalized spacial score (nSPS) is 12.0. The second-order valence-corrected chi connectivity index (χ2v) is 4.63. The van der Waals surface area contributed by atoms with E-state index in [-0.39, 0.29) is 5.92 Å². The lowest BCUT2D eigenvalue weighted by Crippen LogP contribution is -2.49. The van der Waals surface area contributed by atoms with Crippen molar-refractivity contribution >= 4 is 17.6 Å². The molecule has 3 amide bonds. The second kappa shape index (κ2) is 6.75. The lowest BCUT2D eigenvalue weighted by atomic mass is 10.0. The van der Waals surface area contributed by atoms with Gasteiger partial charge in [0.2, 0.25) is 5.91 Å². The van der Waals surface area contributed by atoms with Gasteiger partial charge in [-0.3, -0.25) is 4.79 Å². The number of nitrogens with two attached hydrogens (primary N) is 2. The molecule has 0 spiro atoms. The molecule has 6 heteroatoms. The van der Waals surface area contributed by atoms with Crippen LogP contribution in [0.5, 0.6) is 0 Å². The minimum Gasteiger partial charge on any atom is -0.368 e. The highest BCUT2D eigenvalue weighted by Gasteiger charge is 2.21. The van der Waals surface area contributed by atoms with Crippen LogP contribution in [-0.4, -0.2) is 18.0 Å². The fourth-order valence-corrected chi connectivity index (χ4v) is 1.65. The Kier molecular flexibility index (Phi) is 5.32. The van der Waals surface area contributed by atoms with Crippen molar-refractivity contribution in [1.82, 2.24) is 5.32 Å². The number of carbonyl (C=O) groups is 2. The second-order valence-electron chi connectivity index (χ2n) is 4.63. The van der Waals surface area contributed by atoms with Crippen molar-refractivity contribution in [2.75, 3.05) is 5.32 Å². The number of nitrogens with one attached hydrogen (secondary N) is 2. The summed E-state index contributed by atoms with van der Waals surface area (Å²) in [6, 6.07) is 6.01. The molecule has 6 N–H and O–H groups in total. The first-order valence-corrected chi connectivity index (χ1v) is 6.10. The van der Waals surface area contributed by atoms with Crippen LogP contribution in [0.4, 0.5) is 10.5 Å². The molecular formula is C13H20N4O2. The number of rotatable bonds is 5. The molecule has 1 aromatic rings. The lowest BCUT2D eigenvalue weighted by Gasteiger charge is -2.19. The number of benzene rings is 1. The number of amides is 3. The Balaban J connectivity index is 2.66. The molecule has 6 nitrogen and oxygen atoms in total. The van der Waals surface area contributed by atoms with Crippen molar-refractivity contribution < 1.29 is 9.59 Å². The third-order valence-electron chi connectivity index (χ3n) is 2.68. The minimum atomic E-state index is -0.697. The number of urea groups is 1. The van der Waals surface area contributed by atoms with Gasteiger partial charge in [0.15, 0.2) is 0 Å². The van der Waals surface area contributed by atoms with Gasteiger partial charge in [-0.05, 0) is 23.6 Å². The van der Waals surface area contributed by atoms with Crippen molar-refractivity contribution in [2.45, 2.75) is 26.4 Å². The van der Waals surface area contributed by atoms with Gasteiger partial charge in [0.25, 0.3) is 0 Å². The predicted molar refractivity (Wildman–Crippen MR) is 74.3 cm³/mol. The molecule has 104 valence electrons. The van der Waals surface area contributed by atoms with Crippen molar-refractivity contribution in [1.29, 1.82) is 0 Å². The summed E-state index contributed by atoms with van der Waals surface area (Å²) in [4.78, 5) is 23.0. The maximum absolute atomic E-state index is 11.8. The first kappa shape index (κ1) is 15.0. The zero-order chi connectivity index (χ0) is 14.4. The molecule has 0 saturated carbocycles. The van der Waals surface area contributed by atoms with E-state index in [1.807, 2.05) is 19.9 Å². The average Bonchev–Trinajstić information content (AvgIpc) is 2.35. The molecule has 0 aliphatic heterocycles. The Hall–Kier alpha value is -2.08. The van der Waals surface area contributed by atoms with Crippen molar-refractivity contribution in [3.63, 3.8) is 0 Å². The lowest BCUT2D eigenvalue weighted by molar-refractivity contribution is -0.120. The molecule has 1 unspecified atom stereocenters. The Bertz CT molecular complexity index is 460. The van der Waals surface area contributed by atoms with Crippen LogP contribution in [0, 0.1) is 5.92 Å². The van der Waals surface area contributed by atoms with Crippen LogP contribution in [0.1, 0.15) is 19.4 Å². The molecule has 0 aliphatic rings. The maximum Gasteiger partial charge on any atom is 0.319 e. The Labute approximate surface area is 112 Å². The summed E-state index contributed by atoms with van der Waals surface area (Å²) >= 11 is 0. The van der Waals surface area contributed by atoms with Gasteiger partial charge in [-0.2, -0.15) is 0 Å². The Morgan fingerprint density at radius 2 is 2.00 bits per heavy atom. The van der Waals surface area contributed by atoms with Crippen molar-refractivity contribution in [3.8, 4) is 0 Å². The van der Waals surface area contributed by atoms with Gasteiger partial charge in [-0.25, -0.2) is 4.79 Å². The monoisotopic (exact) mass is 264 g/mol. The van der Waals surface area contributed by atoms with E-state index >= 15 is 0 Å². The molecular weight excluding hydrogens is 244 g/mol. The van der Waals surface area contributed by atoms with Crippen LogP contribution in [0.3, 0.4) is 0 Å². The molecule has 0 heterocycles. The van der Waals surface area contributed by atoms with Crippen LogP contribution in [0.2, 0.25) is 0 Å². The highest BCUT2D eigenvalue weighted by Crippen LogP contribution is 2.10. The van der Waals surface area contributed by atoms with Crippen molar-refractivity contribution in [2.24, 2.45) is 17.4 Å². The van der Waals surface area contributed by atoms with Gasteiger partial charge in [0, 0.05) is 12.2 Å². The van der Waals surface area contributed by atoms with Gasteiger partial charge in [0.1, 0.15) is 6.04 Å². The summed E-state index contributed by atoms with van der Waals surface area (Å²) in [5.41, 5.74) is 12.3. The van der Waals surface area contributed by atoms with Crippen molar-refractivity contribution in [3.05, 3.63) is 29.8 Å². The Morgan fingerprint density at radius 3 is 2.53 bits per heavy atom. The molecule has 1 aromatic carbocycles. The van der Waals surface area contributed by atoms with E-state index in [2.05, 4.69) is 10.6 Å². The molecule has 0 fully saturated rings. The summed E-state index contributed by atoms with van der Waals surface area (Å²) in [6.45, 7) is 4.02. The van der Waals surface area contributed by atoms with E-state index < -0.39 is 18.0 Å². The molecule has 19 heavy (non-hydrogen) atoms. The predicted octanol–water partition coefficient (Wildman–Crippen LogP) is 0.777. The highest BCUT2D eigenvalue weighted by molar-refractivity contribution is 5.93. The Morgan fingerprint density at radius 1 is 1.32 bits per heavy atom. The van der Waals surface area contributed by atoms with Crippen LogP contribution in [0.15, 0.2) is 24.3 Å². The number of hydrogen-bond acceptors (Lipinski definition) is 3. The largest absolute Gasteiger partial charge is 0.368 e. The summed E-state index contributed by atoms with van der Waals surface area (Å²) < 4.78 is 0. The molecule has 0 aliphatic carbocycles. The SMILES string of the molecule is CC(C)C(NC(=O)Nc1cccc(CN)c1)C(N)=O. The van der Waals surface area contributed by atoms with E-state index in [9.17, 15) is 9.59 Å². The summed E-state index contributed by atoms with van der Waals surface area (Å²) in [5.74, 6) is -0.625. The molecule has 0 aromatic heterocycles. The fraction of sp³-hybridized carbons (Fsp3) is 0.385. The third-order valence-corrected chi connectivity index (χ3v) is 2.68. The summed E-state index contributed by atoms with van der Waals surface area (Å²) in [6.07, 6.45) is 0. The number of anilines is 1. The number of hydrogen-bond donors (Lipinski definition) is 4. The molecule has 1 atom stereocenters. The first-order valence-electron chi connectivity index (χ1n) is 6.10. The quantitative estimate of drug-likeness (QED) is 0.630. The summed E-state index contributed by atoms with van der Waals surface area (Å²) in [7, 11) is 0. The van der Waals surface area contributed by atoms with Gasteiger partial charge in [-0.15, -0.1) is 0 Å². The molecule has 1 rings (SSSR count). The van der Waals surface area contributed by atoms with Gasteiger partial charge in [-0.1, -0.05) is 26.0 Å². The molecule has 0 radical (unpaired) electrons. The molecule has 0 saturated heterocycles. The zero-order valence-electron chi connectivity index (χ0n) is 11.1. The van der Waals surface area contributed by atoms with E-state index in [0.717, 1.165) is 5.56 Å². The minimum absolute atomic E-state index is 0.0707. The van der Waals surface area contributed by atoms with E-state index in [0.29, 0.717) is 12.2 Å². The van der Waals surface area contributed by atoms with Gasteiger partial charge >= 0.3 is 6.03 Å². The third kappa shape index (κ3) is 4.59. The zero-order valence-corrected chi connectivity index (χ0v) is 11.1. The first-order chi connectivity index (χ1) is 8.93. The van der Waals surface area contributed by atoms with Gasteiger partial charge in [0.05, 0.1) is 0 Å². The number of carbonyl (C=O) groups excluding carboxylic acids is 2. The van der Waals surface area contributed by atoms with E-state index in [4.69, 9.17) is 11.5 Å². The summed E-state index contributed by atoms with van der Waals surface area (Å²) in [5, 5.41) is 5.19. The van der Waals surface area contributed by atoms with E-state index in [1.54, 1.807) is 18.2 Å². The van der Waals surface area contributed by atoms with Crippen LogP contribution in [0.25, 0.3) is 0 Å². The topological polar surface area (TPSA) is 110 Å². The van der Waals surface area contributed by atoms with E-state index in [1.165, 1.54) is 0 Å². The molecule has 0 bridgehead atoms. The highest BCUT2D eigenvalue weighted by atomic mass is 16.2. The van der Waals surface area contributed by atoms with Crippen LogP contribution < -0.4 is 22.1 Å². The fourth-order valence-electron chi connectivity index (χ4n) is 1.65. The maximum atomic E-state index is 11.8. The van der Waals surface area contributed by atoms with Gasteiger partial charge < -0.3 is 22.1 Å². The van der Waals surface area contributed by atoms with Crippen LogP contribution in [-0.2, 0) is 11.3 Å².